The molecular formula is C31H25F3N2O3. The lowest BCUT2D eigenvalue weighted by Crippen LogP contribution is -2.11. The fourth-order valence-corrected chi connectivity index (χ4v) is 4.83. The van der Waals surface area contributed by atoms with Crippen molar-refractivity contribution in [2.75, 3.05) is 13.2 Å². The van der Waals surface area contributed by atoms with Crippen LogP contribution in [0.25, 0.3) is 22.2 Å². The molecule has 0 unspecified atom stereocenters. The van der Waals surface area contributed by atoms with Gasteiger partial charge in [-0.05, 0) is 53.6 Å². The molecule has 6 rings (SSSR count). The first-order valence-corrected chi connectivity index (χ1v) is 12.7. The van der Waals surface area contributed by atoms with Crippen LogP contribution in [0.3, 0.4) is 0 Å². The molecule has 0 N–H and O–H groups in total. The zero-order chi connectivity index (χ0) is 26.8. The van der Waals surface area contributed by atoms with Crippen LogP contribution in [0.15, 0.2) is 97.1 Å². The third kappa shape index (κ3) is 5.53. The molecule has 5 nitrogen and oxygen atoms in total. The van der Waals surface area contributed by atoms with Crippen LogP contribution in [0.2, 0.25) is 0 Å². The molecule has 1 fully saturated rings. The van der Waals surface area contributed by atoms with Crippen molar-refractivity contribution in [2.45, 2.75) is 25.4 Å². The molecule has 1 aliphatic heterocycles. The molecule has 0 saturated carbocycles. The topological polar surface area (TPSA) is 45.5 Å². The lowest BCUT2D eigenvalue weighted by Gasteiger charge is -2.12. The van der Waals surface area contributed by atoms with E-state index in [1.54, 1.807) is 10.7 Å². The Morgan fingerprint density at radius 3 is 2.26 bits per heavy atom. The van der Waals surface area contributed by atoms with E-state index in [1.807, 2.05) is 78.9 Å². The fraction of sp³-hybridized carbons (Fsp3) is 0.194. The van der Waals surface area contributed by atoms with Crippen LogP contribution in [0.5, 0.6) is 11.5 Å². The van der Waals surface area contributed by atoms with Gasteiger partial charge >= 0.3 is 6.18 Å². The average molecular weight is 531 g/mol. The second-order valence-electron chi connectivity index (χ2n) is 9.34. The summed E-state index contributed by atoms with van der Waals surface area (Å²) in [6, 6.07) is 28.8. The van der Waals surface area contributed by atoms with Crippen LogP contribution < -0.4 is 4.74 Å². The zero-order valence-electron chi connectivity index (χ0n) is 20.9. The van der Waals surface area contributed by atoms with Crippen molar-refractivity contribution in [1.29, 1.82) is 0 Å². The Morgan fingerprint density at radius 2 is 1.51 bits per heavy atom. The molecule has 0 radical (unpaired) electrons. The summed E-state index contributed by atoms with van der Waals surface area (Å²) in [5, 5.41) is 4.88. The van der Waals surface area contributed by atoms with E-state index in [-0.39, 0.29) is 11.8 Å². The molecule has 1 aromatic heterocycles. The molecular weight excluding hydrogens is 505 g/mol. The third-order valence-corrected chi connectivity index (χ3v) is 6.61. The lowest BCUT2D eigenvalue weighted by molar-refractivity contribution is -0.136. The first kappa shape index (κ1) is 25.2. The normalized spacial score (nSPS) is 14.2. The predicted molar refractivity (Wildman–Crippen MR) is 142 cm³/mol. The van der Waals surface area contributed by atoms with E-state index >= 15 is 0 Å². The van der Waals surface area contributed by atoms with Crippen molar-refractivity contribution in [3.05, 3.63) is 114 Å². The predicted octanol–water partition coefficient (Wildman–Crippen LogP) is 7.48. The van der Waals surface area contributed by atoms with E-state index in [1.165, 1.54) is 6.07 Å². The largest absolute Gasteiger partial charge is 0.457 e. The van der Waals surface area contributed by atoms with E-state index in [0.29, 0.717) is 48.8 Å². The molecule has 5 aromatic rings. The van der Waals surface area contributed by atoms with E-state index in [4.69, 9.17) is 14.2 Å². The summed E-state index contributed by atoms with van der Waals surface area (Å²) < 4.78 is 60.2. The van der Waals surface area contributed by atoms with E-state index < -0.39 is 11.7 Å². The number of nitrogens with zero attached hydrogens (tertiary/aromatic N) is 2. The first-order valence-electron chi connectivity index (χ1n) is 12.7. The standard InChI is InChI=1S/C31H25F3N2O3/c32-31(33,34)27-11-5-10-26-29(27)35-36(20-21-6-2-1-3-7-21)30(26)23-12-14-24(15-13-23)39-25-9-4-8-22(18-25)19-28-37-16-17-38-28/h1-15,18,28H,16-17,19-20H2. The maximum Gasteiger partial charge on any atom is 0.418 e. The Bertz CT molecular complexity index is 1580. The summed E-state index contributed by atoms with van der Waals surface area (Å²) in [7, 11) is 0. The highest BCUT2D eigenvalue weighted by molar-refractivity contribution is 5.95. The molecule has 1 aliphatic rings. The van der Waals surface area contributed by atoms with Gasteiger partial charge in [0.05, 0.1) is 31.0 Å². The summed E-state index contributed by atoms with van der Waals surface area (Å²) in [5.41, 5.74) is 2.51. The molecule has 4 aromatic carbocycles. The highest BCUT2D eigenvalue weighted by atomic mass is 19.4. The van der Waals surface area contributed by atoms with Gasteiger partial charge in [0.1, 0.15) is 17.0 Å². The van der Waals surface area contributed by atoms with Crippen molar-refractivity contribution >= 4 is 10.9 Å². The molecule has 8 heteroatoms. The first-order chi connectivity index (χ1) is 18.9. The number of ether oxygens (including phenoxy) is 3. The highest BCUT2D eigenvalue weighted by Crippen LogP contribution is 2.38. The highest BCUT2D eigenvalue weighted by Gasteiger charge is 2.34. The van der Waals surface area contributed by atoms with Crippen LogP contribution in [0, 0.1) is 0 Å². The minimum absolute atomic E-state index is 0.0664. The van der Waals surface area contributed by atoms with Gasteiger partial charge in [0.15, 0.2) is 6.29 Å². The van der Waals surface area contributed by atoms with Gasteiger partial charge in [-0.15, -0.1) is 0 Å². The number of halogens is 3. The van der Waals surface area contributed by atoms with Gasteiger partial charge < -0.3 is 14.2 Å². The van der Waals surface area contributed by atoms with Crippen molar-refractivity contribution in [1.82, 2.24) is 9.78 Å². The molecule has 1 saturated heterocycles. The van der Waals surface area contributed by atoms with Gasteiger partial charge in [-0.3, -0.25) is 4.68 Å². The van der Waals surface area contributed by atoms with Gasteiger partial charge in [-0.25, -0.2) is 0 Å². The van der Waals surface area contributed by atoms with Crippen molar-refractivity contribution in [3.63, 3.8) is 0 Å². The maximum atomic E-state index is 13.8. The number of benzene rings is 4. The minimum Gasteiger partial charge on any atom is -0.457 e. The molecule has 2 heterocycles. The van der Waals surface area contributed by atoms with Crippen LogP contribution in [0.1, 0.15) is 16.7 Å². The quantitative estimate of drug-likeness (QED) is 0.219. The Hall–Kier alpha value is -4.14. The van der Waals surface area contributed by atoms with Gasteiger partial charge in [0.25, 0.3) is 0 Å². The number of hydrogen-bond acceptors (Lipinski definition) is 4. The zero-order valence-corrected chi connectivity index (χ0v) is 20.9. The van der Waals surface area contributed by atoms with Gasteiger partial charge in [0, 0.05) is 17.4 Å². The summed E-state index contributed by atoms with van der Waals surface area (Å²) in [6.45, 7) is 1.54. The Morgan fingerprint density at radius 1 is 0.795 bits per heavy atom. The Balaban J connectivity index is 1.32. The van der Waals surface area contributed by atoms with E-state index in [2.05, 4.69) is 5.10 Å². The number of alkyl halides is 3. The lowest BCUT2D eigenvalue weighted by atomic mass is 10.0. The molecule has 198 valence electrons. The number of rotatable bonds is 7. The van der Waals surface area contributed by atoms with Crippen LogP contribution >= 0.6 is 0 Å². The third-order valence-electron chi connectivity index (χ3n) is 6.61. The van der Waals surface area contributed by atoms with Gasteiger partial charge in [-0.2, -0.15) is 18.3 Å². The molecule has 0 atom stereocenters. The van der Waals surface area contributed by atoms with Crippen LogP contribution in [0.4, 0.5) is 13.2 Å². The van der Waals surface area contributed by atoms with Gasteiger partial charge in [-0.1, -0.05) is 54.6 Å². The smallest absolute Gasteiger partial charge is 0.418 e. The SMILES string of the molecule is FC(F)(F)c1cccc2c(-c3ccc(Oc4cccc(CC5OCCO5)c4)cc3)n(Cc3ccccc3)nc12. The van der Waals surface area contributed by atoms with Gasteiger partial charge in [0.2, 0.25) is 0 Å². The number of fused-ring (bicyclic) bond motifs is 1. The minimum atomic E-state index is -4.51. The molecule has 0 bridgehead atoms. The van der Waals surface area contributed by atoms with Crippen molar-refractivity contribution < 1.29 is 27.4 Å². The van der Waals surface area contributed by atoms with E-state index in [9.17, 15) is 13.2 Å². The monoisotopic (exact) mass is 530 g/mol. The summed E-state index contributed by atoms with van der Waals surface area (Å²) in [6.07, 6.45) is -4.12. The summed E-state index contributed by atoms with van der Waals surface area (Å²) in [5.74, 6) is 1.28. The fourth-order valence-electron chi connectivity index (χ4n) is 4.83. The van der Waals surface area contributed by atoms with E-state index in [0.717, 1.165) is 22.8 Å². The second kappa shape index (κ2) is 10.6. The number of aromatic nitrogens is 2. The van der Waals surface area contributed by atoms with Crippen LogP contribution in [-0.2, 0) is 28.6 Å². The average Bonchev–Trinajstić information content (AvgIpc) is 3.57. The van der Waals surface area contributed by atoms with Crippen molar-refractivity contribution in [2.24, 2.45) is 0 Å². The van der Waals surface area contributed by atoms with Crippen molar-refractivity contribution in [3.8, 4) is 22.8 Å². The Labute approximate surface area is 223 Å². The second-order valence-corrected chi connectivity index (χ2v) is 9.34. The molecule has 0 amide bonds. The Kier molecular flexibility index (Phi) is 6.81. The van der Waals surface area contributed by atoms with Crippen LogP contribution in [-0.4, -0.2) is 29.3 Å². The maximum absolute atomic E-state index is 13.8. The molecule has 0 spiro atoms. The molecule has 39 heavy (non-hydrogen) atoms. The number of hydrogen-bond donors (Lipinski definition) is 0. The summed E-state index contributed by atoms with van der Waals surface area (Å²) >= 11 is 0. The summed E-state index contributed by atoms with van der Waals surface area (Å²) in [4.78, 5) is 0. The molecule has 0 aliphatic carbocycles.